The third kappa shape index (κ3) is 2.83. The summed E-state index contributed by atoms with van der Waals surface area (Å²) in [6.45, 7) is 0. The Bertz CT molecular complexity index is 553. The summed E-state index contributed by atoms with van der Waals surface area (Å²) in [6, 6.07) is 9.83. The fraction of sp³-hybridized carbons (Fsp3) is 0.0667. The zero-order valence-electron chi connectivity index (χ0n) is 9.84. The van der Waals surface area contributed by atoms with Crippen LogP contribution in [0.3, 0.4) is 0 Å². The average Bonchev–Trinajstić information content (AvgIpc) is 2.38. The van der Waals surface area contributed by atoms with Gasteiger partial charge in [0.2, 0.25) is 5.91 Å². The topological polar surface area (TPSA) is 66.9 Å². The van der Waals surface area contributed by atoms with Gasteiger partial charge < -0.3 is 11.1 Å². The molecule has 1 atom stereocenters. The average molecular weight is 238 g/mol. The van der Waals surface area contributed by atoms with E-state index in [9.17, 15) is 4.79 Å². The summed E-state index contributed by atoms with van der Waals surface area (Å²) in [6.07, 6.45) is 8.74. The van der Waals surface area contributed by atoms with E-state index in [1.807, 2.05) is 42.5 Å². The third-order valence-electron chi connectivity index (χ3n) is 2.74. The van der Waals surface area contributed by atoms with Crippen LogP contribution in [0.15, 0.2) is 60.2 Å². The molecule has 1 aromatic carbocycles. The van der Waals surface area contributed by atoms with E-state index in [-0.39, 0.29) is 5.92 Å². The van der Waals surface area contributed by atoms with Gasteiger partial charge in [-0.3, -0.25) is 4.79 Å². The summed E-state index contributed by atoms with van der Waals surface area (Å²) in [5.74, 6) is -0.658. The number of carbonyl (C=O) groups excluding carboxylic acids is 1. The Kier molecular flexibility index (Phi) is 3.53. The fourth-order valence-corrected chi connectivity index (χ4v) is 1.73. The van der Waals surface area contributed by atoms with E-state index in [4.69, 9.17) is 11.1 Å². The Morgan fingerprint density at radius 1 is 1.22 bits per heavy atom. The van der Waals surface area contributed by atoms with Gasteiger partial charge in [0, 0.05) is 17.2 Å². The van der Waals surface area contributed by atoms with E-state index in [0.29, 0.717) is 11.3 Å². The van der Waals surface area contributed by atoms with Crippen molar-refractivity contribution in [2.24, 2.45) is 11.7 Å². The van der Waals surface area contributed by atoms with Crippen LogP contribution in [-0.4, -0.2) is 11.6 Å². The lowest BCUT2D eigenvalue weighted by Gasteiger charge is -2.12. The lowest BCUT2D eigenvalue weighted by Crippen LogP contribution is -2.18. The van der Waals surface area contributed by atoms with E-state index in [2.05, 4.69) is 0 Å². The van der Waals surface area contributed by atoms with Crippen molar-refractivity contribution in [3.8, 4) is 0 Å². The molecule has 0 fully saturated rings. The van der Waals surface area contributed by atoms with E-state index in [1.54, 1.807) is 18.2 Å². The molecular weight excluding hydrogens is 224 g/mol. The molecule has 3 nitrogen and oxygen atoms in total. The van der Waals surface area contributed by atoms with Gasteiger partial charge in [0.15, 0.2) is 0 Å². The number of carbonyl (C=O) groups is 1. The van der Waals surface area contributed by atoms with Crippen molar-refractivity contribution in [3.05, 3.63) is 65.8 Å². The Balaban J connectivity index is 2.18. The number of amides is 1. The fourth-order valence-electron chi connectivity index (χ4n) is 1.73. The number of allylic oxidation sites excluding steroid dienone is 3. The lowest BCUT2D eigenvalue weighted by atomic mass is 9.93. The van der Waals surface area contributed by atoms with Crippen LogP contribution in [0.4, 0.5) is 0 Å². The quantitative estimate of drug-likeness (QED) is 0.833. The van der Waals surface area contributed by atoms with Crippen LogP contribution in [0.1, 0.15) is 5.56 Å². The standard InChI is InChI=1S/C15H14N2O/c16-14-9-8-13(15(17)18)10-12(14)7-6-11-4-2-1-3-5-11/h1-10,12,16H,(H2,17,18). The van der Waals surface area contributed by atoms with Crippen LogP contribution in [0, 0.1) is 11.3 Å². The van der Waals surface area contributed by atoms with Crippen molar-refractivity contribution in [1.82, 2.24) is 0 Å². The molecule has 1 unspecified atom stereocenters. The number of nitrogens with two attached hydrogens (primary N) is 1. The Morgan fingerprint density at radius 3 is 2.61 bits per heavy atom. The van der Waals surface area contributed by atoms with E-state index >= 15 is 0 Å². The molecule has 90 valence electrons. The van der Waals surface area contributed by atoms with Crippen molar-refractivity contribution < 1.29 is 4.79 Å². The second-order valence-electron chi connectivity index (χ2n) is 4.07. The Hall–Kier alpha value is -2.42. The van der Waals surface area contributed by atoms with Gasteiger partial charge in [-0.15, -0.1) is 0 Å². The zero-order valence-corrected chi connectivity index (χ0v) is 9.84. The van der Waals surface area contributed by atoms with Gasteiger partial charge in [0.1, 0.15) is 0 Å². The van der Waals surface area contributed by atoms with Crippen LogP contribution >= 0.6 is 0 Å². The molecule has 0 bridgehead atoms. The first-order chi connectivity index (χ1) is 8.66. The highest BCUT2D eigenvalue weighted by Crippen LogP contribution is 2.16. The highest BCUT2D eigenvalue weighted by atomic mass is 16.1. The molecular formula is C15H14N2O. The van der Waals surface area contributed by atoms with Crippen molar-refractivity contribution in [3.63, 3.8) is 0 Å². The van der Waals surface area contributed by atoms with Gasteiger partial charge in [-0.05, 0) is 17.7 Å². The summed E-state index contributed by atoms with van der Waals surface area (Å²) in [4.78, 5) is 11.1. The Morgan fingerprint density at radius 2 is 1.94 bits per heavy atom. The number of benzene rings is 1. The zero-order chi connectivity index (χ0) is 13.0. The molecule has 0 radical (unpaired) electrons. The van der Waals surface area contributed by atoms with Crippen molar-refractivity contribution in [2.75, 3.05) is 0 Å². The molecule has 3 N–H and O–H groups in total. The maximum Gasteiger partial charge on any atom is 0.248 e. The smallest absolute Gasteiger partial charge is 0.248 e. The van der Waals surface area contributed by atoms with E-state index in [1.165, 1.54) is 0 Å². The number of hydrogen-bond donors (Lipinski definition) is 2. The van der Waals surface area contributed by atoms with Crippen LogP contribution in [-0.2, 0) is 4.79 Å². The number of hydrogen-bond acceptors (Lipinski definition) is 2. The molecule has 0 saturated carbocycles. The molecule has 1 aliphatic carbocycles. The minimum Gasteiger partial charge on any atom is -0.366 e. The highest BCUT2D eigenvalue weighted by molar-refractivity contribution is 6.05. The van der Waals surface area contributed by atoms with E-state index in [0.717, 1.165) is 5.56 Å². The molecule has 0 heterocycles. The number of primary amides is 1. The van der Waals surface area contributed by atoms with Gasteiger partial charge in [-0.2, -0.15) is 0 Å². The summed E-state index contributed by atoms with van der Waals surface area (Å²) in [5.41, 5.74) is 7.20. The normalized spacial score (nSPS) is 19.0. The first-order valence-corrected chi connectivity index (χ1v) is 5.68. The molecule has 3 heteroatoms. The molecule has 1 aromatic rings. The molecule has 0 spiro atoms. The molecule has 1 amide bonds. The van der Waals surface area contributed by atoms with Gasteiger partial charge in [-0.25, -0.2) is 0 Å². The first kappa shape index (κ1) is 12.0. The number of nitrogens with one attached hydrogen (secondary N) is 1. The van der Waals surface area contributed by atoms with Crippen molar-refractivity contribution in [1.29, 1.82) is 5.41 Å². The minimum atomic E-state index is -0.461. The van der Waals surface area contributed by atoms with Gasteiger partial charge in [0.25, 0.3) is 0 Å². The van der Waals surface area contributed by atoms with Crippen LogP contribution in [0.5, 0.6) is 0 Å². The minimum absolute atomic E-state index is 0.197. The van der Waals surface area contributed by atoms with Crippen molar-refractivity contribution in [2.45, 2.75) is 0 Å². The summed E-state index contributed by atoms with van der Waals surface area (Å²) in [5, 5.41) is 7.81. The summed E-state index contributed by atoms with van der Waals surface area (Å²) in [7, 11) is 0. The summed E-state index contributed by atoms with van der Waals surface area (Å²) < 4.78 is 0. The maximum absolute atomic E-state index is 11.1. The predicted octanol–water partition coefficient (Wildman–Crippen LogP) is 2.32. The van der Waals surface area contributed by atoms with Crippen LogP contribution in [0.2, 0.25) is 0 Å². The third-order valence-corrected chi connectivity index (χ3v) is 2.74. The molecule has 18 heavy (non-hydrogen) atoms. The Labute approximate surface area is 106 Å². The predicted molar refractivity (Wildman–Crippen MR) is 73.1 cm³/mol. The van der Waals surface area contributed by atoms with Crippen LogP contribution < -0.4 is 5.73 Å². The molecule has 0 saturated heterocycles. The lowest BCUT2D eigenvalue weighted by molar-refractivity contribution is -0.114. The maximum atomic E-state index is 11.1. The molecule has 2 rings (SSSR count). The first-order valence-electron chi connectivity index (χ1n) is 5.68. The molecule has 0 aromatic heterocycles. The number of rotatable bonds is 3. The monoisotopic (exact) mass is 238 g/mol. The van der Waals surface area contributed by atoms with Crippen LogP contribution in [0.25, 0.3) is 6.08 Å². The SMILES string of the molecule is N=C1C=CC(C(N)=O)=CC1C=Cc1ccccc1. The molecule has 1 aliphatic rings. The second kappa shape index (κ2) is 5.27. The molecule has 0 aliphatic heterocycles. The largest absolute Gasteiger partial charge is 0.366 e. The van der Waals surface area contributed by atoms with E-state index < -0.39 is 5.91 Å². The van der Waals surface area contributed by atoms with Gasteiger partial charge >= 0.3 is 0 Å². The second-order valence-corrected chi connectivity index (χ2v) is 4.07. The van der Waals surface area contributed by atoms with Crippen molar-refractivity contribution >= 4 is 17.7 Å². The van der Waals surface area contributed by atoms with Gasteiger partial charge in [-0.1, -0.05) is 48.6 Å². The van der Waals surface area contributed by atoms with Gasteiger partial charge in [0.05, 0.1) is 0 Å². The summed E-state index contributed by atoms with van der Waals surface area (Å²) >= 11 is 0. The highest BCUT2D eigenvalue weighted by Gasteiger charge is 2.14.